The fourth-order valence-electron chi connectivity index (χ4n) is 2.46. The number of nitro benzene ring substituents is 1. The third-order valence-electron chi connectivity index (χ3n) is 4.01. The van der Waals surface area contributed by atoms with E-state index in [9.17, 15) is 20.0 Å². The number of amides is 1. The molecule has 0 aromatic heterocycles. The monoisotopic (exact) mass is 428 g/mol. The molecule has 10 heteroatoms. The van der Waals surface area contributed by atoms with Gasteiger partial charge in [0.25, 0.3) is 11.6 Å². The highest BCUT2D eigenvalue weighted by Crippen LogP contribution is 2.33. The molecule has 1 aliphatic heterocycles. The summed E-state index contributed by atoms with van der Waals surface area (Å²) in [6.07, 6.45) is 2.89. The van der Waals surface area contributed by atoms with Crippen molar-refractivity contribution < 1.29 is 14.8 Å². The largest absolute Gasteiger partial charge is 0.507 e. The summed E-state index contributed by atoms with van der Waals surface area (Å²) in [6.45, 7) is 0. The molecule has 1 heterocycles. The van der Waals surface area contributed by atoms with E-state index in [2.05, 4.69) is 5.10 Å². The van der Waals surface area contributed by atoms with E-state index in [4.69, 9.17) is 12.2 Å². The van der Waals surface area contributed by atoms with Crippen LogP contribution in [0, 0.1) is 10.1 Å². The number of hydrogen-bond donors (Lipinski definition) is 1. The van der Waals surface area contributed by atoms with Gasteiger partial charge in [0.1, 0.15) is 5.75 Å². The predicted octanol–water partition coefficient (Wildman–Crippen LogP) is 3.60. The first-order valence-corrected chi connectivity index (χ1v) is 9.55. The van der Waals surface area contributed by atoms with Gasteiger partial charge < -0.3 is 10.0 Å². The van der Waals surface area contributed by atoms with Gasteiger partial charge >= 0.3 is 0 Å². The van der Waals surface area contributed by atoms with Crippen molar-refractivity contribution in [2.24, 2.45) is 5.10 Å². The van der Waals surface area contributed by atoms with Crippen LogP contribution >= 0.6 is 24.0 Å². The van der Waals surface area contributed by atoms with E-state index < -0.39 is 10.8 Å². The number of hydrogen-bond acceptors (Lipinski definition) is 8. The minimum atomic E-state index is -0.583. The lowest BCUT2D eigenvalue weighted by Crippen LogP contribution is -2.22. The molecule has 29 heavy (non-hydrogen) atoms. The Hall–Kier alpha value is -3.24. The Morgan fingerprint density at radius 1 is 1.24 bits per heavy atom. The summed E-state index contributed by atoms with van der Waals surface area (Å²) >= 11 is 6.33. The number of thioether (sulfide) groups is 1. The molecular formula is C19H16N4O4S2. The number of anilines is 1. The first-order chi connectivity index (χ1) is 13.8. The van der Waals surface area contributed by atoms with Crippen LogP contribution in [0.4, 0.5) is 11.4 Å². The molecule has 1 fully saturated rings. The Balaban J connectivity index is 1.81. The maximum atomic E-state index is 12.6. The van der Waals surface area contributed by atoms with Gasteiger partial charge in [0, 0.05) is 37.5 Å². The lowest BCUT2D eigenvalue weighted by molar-refractivity contribution is -0.384. The maximum Gasteiger partial charge on any atom is 0.286 e. The van der Waals surface area contributed by atoms with Crippen molar-refractivity contribution in [2.45, 2.75) is 0 Å². The lowest BCUT2D eigenvalue weighted by Gasteiger charge is -2.11. The highest BCUT2D eigenvalue weighted by atomic mass is 32.2. The highest BCUT2D eigenvalue weighted by Gasteiger charge is 2.32. The molecule has 1 saturated heterocycles. The summed E-state index contributed by atoms with van der Waals surface area (Å²) in [5, 5.41) is 25.8. The third kappa shape index (κ3) is 4.61. The fraction of sp³-hybridized carbons (Fsp3) is 0.105. The molecule has 1 aliphatic rings. The smallest absolute Gasteiger partial charge is 0.286 e. The van der Waals surface area contributed by atoms with Crippen LogP contribution in [0.5, 0.6) is 5.75 Å². The number of benzene rings is 2. The Bertz CT molecular complexity index is 1050. The molecule has 0 radical (unpaired) electrons. The van der Waals surface area contributed by atoms with Crippen LogP contribution < -0.4 is 4.90 Å². The van der Waals surface area contributed by atoms with E-state index >= 15 is 0 Å². The molecule has 1 amide bonds. The first-order valence-electron chi connectivity index (χ1n) is 8.33. The molecule has 148 valence electrons. The van der Waals surface area contributed by atoms with Crippen molar-refractivity contribution in [1.29, 1.82) is 0 Å². The SMILES string of the molecule is CN(C)c1ccc(C=C2SC(=S)N(/N=C/c3cc([N+](=O)[O-])ccc3O)C2=O)cc1. The minimum absolute atomic E-state index is 0.108. The van der Waals surface area contributed by atoms with Crippen LogP contribution in [-0.2, 0) is 4.79 Å². The number of rotatable bonds is 5. The second-order valence-corrected chi connectivity index (χ2v) is 7.90. The fourth-order valence-corrected chi connectivity index (χ4v) is 3.63. The van der Waals surface area contributed by atoms with Crippen LogP contribution in [0.15, 0.2) is 52.5 Å². The van der Waals surface area contributed by atoms with Gasteiger partial charge in [0.15, 0.2) is 4.32 Å². The molecular weight excluding hydrogens is 412 g/mol. The summed E-state index contributed by atoms with van der Waals surface area (Å²) in [7, 11) is 3.88. The number of thiocarbonyl (C=S) groups is 1. The third-order valence-corrected chi connectivity index (χ3v) is 5.30. The number of nitrogens with zero attached hydrogens (tertiary/aromatic N) is 4. The number of phenols is 1. The molecule has 0 atom stereocenters. The first kappa shape index (κ1) is 20.5. The number of carbonyl (C=O) groups excluding carboxylic acids is 1. The van der Waals surface area contributed by atoms with Gasteiger partial charge in [-0.1, -0.05) is 23.9 Å². The second-order valence-electron chi connectivity index (χ2n) is 6.22. The van der Waals surface area contributed by atoms with Crippen molar-refractivity contribution >= 4 is 57.9 Å². The van der Waals surface area contributed by atoms with E-state index in [1.807, 2.05) is 43.3 Å². The molecule has 0 aliphatic carbocycles. The van der Waals surface area contributed by atoms with Gasteiger partial charge in [-0.3, -0.25) is 14.9 Å². The van der Waals surface area contributed by atoms with E-state index in [0.29, 0.717) is 4.91 Å². The minimum Gasteiger partial charge on any atom is -0.507 e. The van der Waals surface area contributed by atoms with E-state index in [1.165, 1.54) is 24.4 Å². The van der Waals surface area contributed by atoms with Crippen molar-refractivity contribution in [3.05, 3.63) is 68.6 Å². The van der Waals surface area contributed by atoms with Crippen molar-refractivity contribution in [2.75, 3.05) is 19.0 Å². The van der Waals surface area contributed by atoms with Gasteiger partial charge in [-0.05, 0) is 42.1 Å². The average Bonchev–Trinajstić information content (AvgIpc) is 2.94. The Labute approximate surface area is 176 Å². The Morgan fingerprint density at radius 3 is 2.55 bits per heavy atom. The zero-order valence-electron chi connectivity index (χ0n) is 15.5. The van der Waals surface area contributed by atoms with Gasteiger partial charge in [-0.25, -0.2) is 0 Å². The summed E-state index contributed by atoms with van der Waals surface area (Å²) in [4.78, 5) is 25.3. The summed E-state index contributed by atoms with van der Waals surface area (Å²) < 4.78 is 0.229. The number of non-ortho nitro benzene ring substituents is 1. The Morgan fingerprint density at radius 2 is 1.93 bits per heavy atom. The van der Waals surface area contributed by atoms with Crippen LogP contribution in [0.2, 0.25) is 0 Å². The number of phenolic OH excluding ortho intramolecular Hbond substituents is 1. The van der Waals surface area contributed by atoms with Crippen molar-refractivity contribution in [3.63, 3.8) is 0 Å². The zero-order chi connectivity index (χ0) is 21.1. The van der Waals surface area contributed by atoms with Gasteiger partial charge in [-0.2, -0.15) is 10.1 Å². The number of aromatic hydroxyl groups is 1. The normalized spacial score (nSPS) is 15.5. The van der Waals surface area contributed by atoms with E-state index in [0.717, 1.165) is 28.0 Å². The van der Waals surface area contributed by atoms with E-state index in [-0.39, 0.29) is 21.3 Å². The molecule has 0 saturated carbocycles. The van der Waals surface area contributed by atoms with Crippen LogP contribution in [0.3, 0.4) is 0 Å². The Kier molecular flexibility index (Phi) is 5.95. The van der Waals surface area contributed by atoms with Gasteiger partial charge in [0.05, 0.1) is 16.0 Å². The summed E-state index contributed by atoms with van der Waals surface area (Å²) in [5.74, 6) is -0.598. The topological polar surface area (TPSA) is 99.3 Å². The molecule has 2 aromatic carbocycles. The van der Waals surface area contributed by atoms with Crippen LogP contribution in [-0.4, -0.2) is 45.6 Å². The quantitative estimate of drug-likeness (QED) is 0.255. The predicted molar refractivity (Wildman–Crippen MR) is 118 cm³/mol. The van der Waals surface area contributed by atoms with Gasteiger partial charge in [-0.15, -0.1) is 0 Å². The maximum absolute atomic E-state index is 12.6. The molecule has 1 N–H and O–H groups in total. The zero-order valence-corrected chi connectivity index (χ0v) is 17.1. The van der Waals surface area contributed by atoms with Crippen LogP contribution in [0.1, 0.15) is 11.1 Å². The van der Waals surface area contributed by atoms with Crippen molar-refractivity contribution in [3.8, 4) is 5.75 Å². The standard InChI is InChI=1S/C19H16N4O4S2/c1-21(2)14-5-3-12(4-6-14)9-17-18(25)22(19(28)29-17)20-11-13-10-15(23(26)27)7-8-16(13)24/h3-11,24H,1-2H3/b17-9?,20-11+. The second kappa shape index (κ2) is 8.41. The number of nitro groups is 1. The molecule has 8 nitrogen and oxygen atoms in total. The van der Waals surface area contributed by atoms with Crippen LogP contribution in [0.25, 0.3) is 6.08 Å². The number of carbonyl (C=O) groups is 1. The molecule has 3 rings (SSSR count). The molecule has 0 bridgehead atoms. The summed E-state index contributed by atoms with van der Waals surface area (Å²) in [5.41, 5.74) is 1.79. The molecule has 0 spiro atoms. The molecule has 0 unspecified atom stereocenters. The van der Waals surface area contributed by atoms with Crippen molar-refractivity contribution in [1.82, 2.24) is 5.01 Å². The highest BCUT2D eigenvalue weighted by molar-refractivity contribution is 8.26. The molecule has 2 aromatic rings. The van der Waals surface area contributed by atoms with Gasteiger partial charge in [0.2, 0.25) is 0 Å². The van der Waals surface area contributed by atoms with E-state index in [1.54, 1.807) is 6.08 Å². The average molecular weight is 428 g/mol. The summed E-state index contributed by atoms with van der Waals surface area (Å²) in [6, 6.07) is 11.2. The lowest BCUT2D eigenvalue weighted by atomic mass is 10.2. The number of hydrazone groups is 1.